The van der Waals surface area contributed by atoms with Crippen molar-refractivity contribution in [3.63, 3.8) is 0 Å². The zero-order valence-electron chi connectivity index (χ0n) is 17.0. The maximum absolute atomic E-state index is 13.1. The fourth-order valence-electron chi connectivity index (χ4n) is 4.03. The van der Waals surface area contributed by atoms with Crippen LogP contribution in [0.25, 0.3) is 0 Å². The molecule has 1 atom stereocenters. The van der Waals surface area contributed by atoms with Crippen molar-refractivity contribution in [1.29, 1.82) is 0 Å². The summed E-state index contributed by atoms with van der Waals surface area (Å²) < 4.78 is 5.51. The molecule has 0 saturated carbocycles. The van der Waals surface area contributed by atoms with Gasteiger partial charge in [0.25, 0.3) is 5.91 Å². The van der Waals surface area contributed by atoms with Crippen molar-refractivity contribution in [2.45, 2.75) is 32.4 Å². The molecule has 0 aromatic heterocycles. The van der Waals surface area contributed by atoms with Gasteiger partial charge in [-0.25, -0.2) is 4.79 Å². The molecule has 30 heavy (non-hydrogen) atoms. The number of amides is 4. The van der Waals surface area contributed by atoms with Gasteiger partial charge in [-0.15, -0.1) is 0 Å². The Morgan fingerprint density at radius 1 is 1.10 bits per heavy atom. The highest BCUT2D eigenvalue weighted by atomic mass is 16.5. The van der Waals surface area contributed by atoms with Gasteiger partial charge in [0.1, 0.15) is 5.75 Å². The summed E-state index contributed by atoms with van der Waals surface area (Å²) in [6.45, 7) is 3.55. The largest absolute Gasteiger partial charge is 0.494 e. The summed E-state index contributed by atoms with van der Waals surface area (Å²) in [5.74, 6) is 0.584. The summed E-state index contributed by atoms with van der Waals surface area (Å²) in [6, 6.07) is 14.8. The fraction of sp³-hybridized carbons (Fsp3) is 0.348. The molecule has 2 heterocycles. The number of hydrogen-bond acceptors (Lipinski definition) is 4. The molecular formula is C23H25N3O4. The van der Waals surface area contributed by atoms with Crippen LogP contribution < -0.4 is 10.1 Å². The summed E-state index contributed by atoms with van der Waals surface area (Å²) in [6.07, 6.45) is 1.90. The Balaban J connectivity index is 1.45. The number of ether oxygens (including phenoxy) is 1. The van der Waals surface area contributed by atoms with E-state index in [1.807, 2.05) is 36.1 Å². The second-order valence-corrected chi connectivity index (χ2v) is 7.49. The van der Waals surface area contributed by atoms with Crippen LogP contribution in [0.4, 0.5) is 4.79 Å². The smallest absolute Gasteiger partial charge is 0.324 e. The van der Waals surface area contributed by atoms with Crippen LogP contribution in [-0.2, 0) is 11.3 Å². The summed E-state index contributed by atoms with van der Waals surface area (Å²) >= 11 is 0. The molecule has 0 aliphatic carbocycles. The highest BCUT2D eigenvalue weighted by molar-refractivity contribution is 6.01. The number of nitrogens with zero attached hydrogens (tertiary/aromatic N) is 2. The SMILES string of the molecule is CCOc1ccc([C@@H]2CCCN2C(=O)c2ccc(CN3C(=O)CNC3=O)cc2)cc1. The Kier molecular flexibility index (Phi) is 5.70. The van der Waals surface area contributed by atoms with Crippen molar-refractivity contribution in [2.75, 3.05) is 19.7 Å². The van der Waals surface area contributed by atoms with Crippen molar-refractivity contribution >= 4 is 17.8 Å². The Morgan fingerprint density at radius 3 is 2.47 bits per heavy atom. The molecule has 7 heteroatoms. The lowest BCUT2D eigenvalue weighted by Gasteiger charge is -2.25. The number of likely N-dealkylation sites (tertiary alicyclic amines) is 1. The third-order valence-electron chi connectivity index (χ3n) is 5.57. The molecule has 0 bridgehead atoms. The van der Waals surface area contributed by atoms with Crippen molar-refractivity contribution in [2.24, 2.45) is 0 Å². The van der Waals surface area contributed by atoms with Crippen LogP contribution in [0.2, 0.25) is 0 Å². The van der Waals surface area contributed by atoms with Crippen molar-refractivity contribution in [3.05, 3.63) is 65.2 Å². The van der Waals surface area contributed by atoms with Crippen LogP contribution >= 0.6 is 0 Å². The van der Waals surface area contributed by atoms with Crippen LogP contribution in [0.15, 0.2) is 48.5 Å². The van der Waals surface area contributed by atoms with Gasteiger partial charge in [-0.3, -0.25) is 14.5 Å². The number of nitrogens with one attached hydrogen (secondary N) is 1. The van der Waals surface area contributed by atoms with Gasteiger partial charge in [0, 0.05) is 12.1 Å². The van der Waals surface area contributed by atoms with E-state index in [4.69, 9.17) is 4.74 Å². The maximum atomic E-state index is 13.1. The monoisotopic (exact) mass is 407 g/mol. The fourth-order valence-corrected chi connectivity index (χ4v) is 4.03. The van der Waals surface area contributed by atoms with E-state index in [-0.39, 0.29) is 37.0 Å². The van der Waals surface area contributed by atoms with E-state index in [1.54, 1.807) is 24.3 Å². The normalized spacial score (nSPS) is 18.6. The number of imide groups is 1. The van der Waals surface area contributed by atoms with Gasteiger partial charge in [0.2, 0.25) is 5.91 Å². The summed E-state index contributed by atoms with van der Waals surface area (Å²) in [7, 11) is 0. The van der Waals surface area contributed by atoms with Gasteiger partial charge in [0.05, 0.1) is 25.7 Å². The van der Waals surface area contributed by atoms with Crippen molar-refractivity contribution in [1.82, 2.24) is 15.1 Å². The molecule has 2 aromatic carbocycles. The molecule has 2 saturated heterocycles. The molecule has 2 aromatic rings. The zero-order chi connectivity index (χ0) is 21.1. The molecular weight excluding hydrogens is 382 g/mol. The average Bonchev–Trinajstić information content (AvgIpc) is 3.37. The standard InChI is InChI=1S/C23H25N3O4/c1-2-30-19-11-9-17(10-12-19)20-4-3-13-25(20)22(28)18-7-5-16(6-8-18)15-26-21(27)14-24-23(26)29/h5-12,20H,2-4,13-15H2,1H3,(H,24,29)/t20-/m0/s1. The van der Waals surface area contributed by atoms with Gasteiger partial charge in [-0.05, 0) is 55.2 Å². The van der Waals surface area contributed by atoms with E-state index in [9.17, 15) is 14.4 Å². The van der Waals surface area contributed by atoms with Gasteiger partial charge in [0.15, 0.2) is 0 Å². The molecule has 7 nitrogen and oxygen atoms in total. The molecule has 0 radical (unpaired) electrons. The van der Waals surface area contributed by atoms with Crippen molar-refractivity contribution in [3.8, 4) is 5.75 Å². The Bertz CT molecular complexity index is 924. The van der Waals surface area contributed by atoms with Gasteiger partial charge < -0.3 is 15.0 Å². The van der Waals surface area contributed by atoms with E-state index in [2.05, 4.69) is 5.32 Å². The summed E-state index contributed by atoms with van der Waals surface area (Å²) in [5, 5.41) is 2.51. The molecule has 2 fully saturated rings. The quantitative estimate of drug-likeness (QED) is 0.747. The van der Waals surface area contributed by atoms with Crippen LogP contribution in [0.3, 0.4) is 0 Å². The first-order valence-electron chi connectivity index (χ1n) is 10.3. The number of rotatable bonds is 6. The van der Waals surface area contributed by atoms with Crippen LogP contribution in [-0.4, -0.2) is 47.3 Å². The molecule has 0 spiro atoms. The third-order valence-corrected chi connectivity index (χ3v) is 5.57. The first-order valence-corrected chi connectivity index (χ1v) is 10.3. The van der Waals surface area contributed by atoms with E-state index in [0.717, 1.165) is 36.3 Å². The lowest BCUT2D eigenvalue weighted by molar-refractivity contribution is -0.125. The maximum Gasteiger partial charge on any atom is 0.324 e. The van der Waals surface area contributed by atoms with Crippen LogP contribution in [0.1, 0.15) is 47.3 Å². The van der Waals surface area contributed by atoms with Gasteiger partial charge in [-0.1, -0.05) is 24.3 Å². The Morgan fingerprint density at radius 2 is 1.83 bits per heavy atom. The number of benzene rings is 2. The summed E-state index contributed by atoms with van der Waals surface area (Å²) in [5.41, 5.74) is 2.52. The highest BCUT2D eigenvalue weighted by Crippen LogP contribution is 2.34. The summed E-state index contributed by atoms with van der Waals surface area (Å²) in [4.78, 5) is 39.7. The molecule has 0 unspecified atom stereocenters. The van der Waals surface area contributed by atoms with Gasteiger partial charge in [-0.2, -0.15) is 0 Å². The first-order chi connectivity index (χ1) is 14.6. The zero-order valence-corrected chi connectivity index (χ0v) is 17.0. The van der Waals surface area contributed by atoms with E-state index in [0.29, 0.717) is 12.2 Å². The third kappa shape index (κ3) is 4.01. The number of urea groups is 1. The second kappa shape index (κ2) is 8.57. The second-order valence-electron chi connectivity index (χ2n) is 7.49. The minimum absolute atomic E-state index is 0.00655. The number of hydrogen-bond donors (Lipinski definition) is 1. The number of carbonyl (C=O) groups excluding carboxylic acids is 3. The van der Waals surface area contributed by atoms with E-state index < -0.39 is 0 Å². The lowest BCUT2D eigenvalue weighted by Crippen LogP contribution is -2.31. The molecule has 4 rings (SSSR count). The lowest BCUT2D eigenvalue weighted by atomic mass is 10.0. The van der Waals surface area contributed by atoms with Crippen LogP contribution in [0, 0.1) is 0 Å². The van der Waals surface area contributed by atoms with E-state index in [1.165, 1.54) is 4.90 Å². The van der Waals surface area contributed by atoms with Gasteiger partial charge >= 0.3 is 6.03 Å². The molecule has 2 aliphatic heterocycles. The topological polar surface area (TPSA) is 79.0 Å². The number of carbonyl (C=O) groups is 3. The predicted molar refractivity (Wildman–Crippen MR) is 111 cm³/mol. The molecule has 156 valence electrons. The van der Waals surface area contributed by atoms with Crippen molar-refractivity contribution < 1.29 is 19.1 Å². The molecule has 1 N–H and O–H groups in total. The average molecular weight is 407 g/mol. The minimum Gasteiger partial charge on any atom is -0.494 e. The highest BCUT2D eigenvalue weighted by Gasteiger charge is 2.31. The molecule has 4 amide bonds. The minimum atomic E-state index is -0.379. The molecule has 2 aliphatic rings. The Labute approximate surface area is 175 Å². The first kappa shape index (κ1) is 19.9. The van der Waals surface area contributed by atoms with E-state index >= 15 is 0 Å². The Hall–Kier alpha value is -3.35. The van der Waals surface area contributed by atoms with Crippen LogP contribution in [0.5, 0.6) is 5.75 Å². The predicted octanol–water partition coefficient (Wildman–Crippen LogP) is 3.11.